The van der Waals surface area contributed by atoms with Crippen molar-refractivity contribution in [3.63, 3.8) is 0 Å². The highest BCUT2D eigenvalue weighted by Gasteiger charge is 2.16. The summed E-state index contributed by atoms with van der Waals surface area (Å²) in [5, 5.41) is 3.60. The van der Waals surface area contributed by atoms with Crippen LogP contribution in [0.1, 0.15) is 0 Å². The molecule has 1 N–H and O–H groups in total. The first-order chi connectivity index (χ1) is 13.2. The van der Waals surface area contributed by atoms with Crippen molar-refractivity contribution in [1.82, 2.24) is 19.9 Å². The van der Waals surface area contributed by atoms with Gasteiger partial charge in [0.2, 0.25) is 0 Å². The largest absolute Gasteiger partial charge is 0.497 e. The second-order valence-corrected chi connectivity index (χ2v) is 5.79. The Morgan fingerprint density at radius 3 is 2.48 bits per heavy atom. The van der Waals surface area contributed by atoms with Crippen LogP contribution in [0.5, 0.6) is 5.75 Å². The lowest BCUT2D eigenvalue weighted by Gasteiger charge is -2.11. The fourth-order valence-corrected chi connectivity index (χ4v) is 2.88. The molecule has 0 aliphatic carbocycles. The van der Waals surface area contributed by atoms with Crippen LogP contribution in [0.15, 0.2) is 55.0 Å². The third-order valence-corrected chi connectivity index (χ3v) is 4.24. The van der Waals surface area contributed by atoms with Gasteiger partial charge in [-0.05, 0) is 23.8 Å². The van der Waals surface area contributed by atoms with E-state index in [1.807, 2.05) is 18.2 Å². The second kappa shape index (κ2) is 6.95. The number of nitrogens with one attached hydrogen (secondary N) is 1. The highest BCUT2D eigenvalue weighted by molar-refractivity contribution is 5.94. The van der Waals surface area contributed by atoms with E-state index in [1.54, 1.807) is 50.9 Å². The fourth-order valence-electron chi connectivity index (χ4n) is 2.88. The van der Waals surface area contributed by atoms with E-state index in [0.717, 1.165) is 5.56 Å². The molecule has 4 rings (SSSR count). The smallest absolute Gasteiger partial charge is 0.182 e. The quantitative estimate of drug-likeness (QED) is 0.593. The number of fused-ring (bicyclic) bond motifs is 1. The number of ether oxygens (including phenoxy) is 1. The van der Waals surface area contributed by atoms with E-state index < -0.39 is 5.82 Å². The van der Waals surface area contributed by atoms with Crippen LogP contribution in [0.25, 0.3) is 33.5 Å². The molecule has 0 saturated heterocycles. The van der Waals surface area contributed by atoms with Crippen molar-refractivity contribution in [2.24, 2.45) is 0 Å². The van der Waals surface area contributed by atoms with E-state index in [1.165, 1.54) is 0 Å². The Morgan fingerprint density at radius 1 is 1.00 bits per heavy atom. The molecular formula is C20H16FN5O. The number of halogens is 1. The van der Waals surface area contributed by atoms with Crippen molar-refractivity contribution >= 4 is 16.7 Å². The molecule has 6 nitrogen and oxygen atoms in total. The first-order valence-electron chi connectivity index (χ1n) is 8.30. The first-order valence-corrected chi connectivity index (χ1v) is 8.30. The first kappa shape index (κ1) is 16.8. The number of hydrogen-bond acceptors (Lipinski definition) is 6. The zero-order chi connectivity index (χ0) is 18.8. The van der Waals surface area contributed by atoms with Gasteiger partial charge in [-0.3, -0.25) is 4.98 Å². The standard InChI is InChI=1S/C20H16FN5O/c1-22-19-15-8-7-14(12-3-5-13(27-2)6-4-12)17(21)18(15)25-20(26-19)16-11-23-9-10-24-16/h3-11H,1-2H3,(H,22,25,26). The lowest BCUT2D eigenvalue weighted by atomic mass is 10.0. The maximum absolute atomic E-state index is 15.4. The van der Waals surface area contributed by atoms with E-state index >= 15 is 4.39 Å². The Bertz CT molecular complexity index is 1100. The van der Waals surface area contributed by atoms with E-state index in [2.05, 4.69) is 25.3 Å². The SMILES string of the molecule is CNc1nc(-c2cnccn2)nc2c(F)c(-c3ccc(OC)cc3)ccc12. The van der Waals surface area contributed by atoms with Gasteiger partial charge in [-0.1, -0.05) is 18.2 Å². The van der Waals surface area contributed by atoms with Crippen LogP contribution in [0.3, 0.4) is 0 Å². The Hall–Kier alpha value is -3.61. The zero-order valence-corrected chi connectivity index (χ0v) is 14.8. The topological polar surface area (TPSA) is 72.8 Å². The summed E-state index contributed by atoms with van der Waals surface area (Å²) in [4.78, 5) is 17.1. The Balaban J connectivity index is 1.92. The van der Waals surface area contributed by atoms with Crippen LogP contribution in [0, 0.1) is 5.82 Å². The molecule has 0 saturated carbocycles. The summed E-state index contributed by atoms with van der Waals surface area (Å²) >= 11 is 0. The van der Waals surface area contributed by atoms with Crippen molar-refractivity contribution in [2.45, 2.75) is 0 Å². The minimum Gasteiger partial charge on any atom is -0.497 e. The predicted molar refractivity (Wildman–Crippen MR) is 102 cm³/mol. The summed E-state index contributed by atoms with van der Waals surface area (Å²) in [5.41, 5.74) is 1.89. The summed E-state index contributed by atoms with van der Waals surface area (Å²) in [5.74, 6) is 1.14. The molecule has 0 aliphatic rings. The molecule has 0 radical (unpaired) electrons. The fraction of sp³-hybridized carbons (Fsp3) is 0.100. The third kappa shape index (κ3) is 3.03. The average Bonchev–Trinajstić information content (AvgIpc) is 2.74. The van der Waals surface area contributed by atoms with Gasteiger partial charge in [0.05, 0.1) is 13.3 Å². The van der Waals surface area contributed by atoms with Gasteiger partial charge in [-0.25, -0.2) is 19.3 Å². The van der Waals surface area contributed by atoms with Gasteiger partial charge in [-0.15, -0.1) is 0 Å². The summed E-state index contributed by atoms with van der Waals surface area (Å²) in [6.07, 6.45) is 4.66. The Labute approximate surface area is 155 Å². The lowest BCUT2D eigenvalue weighted by molar-refractivity contribution is 0.415. The molecule has 0 amide bonds. The van der Waals surface area contributed by atoms with E-state index in [9.17, 15) is 0 Å². The van der Waals surface area contributed by atoms with Crippen LogP contribution in [0.4, 0.5) is 10.2 Å². The molecule has 0 fully saturated rings. The number of hydrogen-bond donors (Lipinski definition) is 1. The minimum atomic E-state index is -0.415. The summed E-state index contributed by atoms with van der Waals surface area (Å²) in [6, 6.07) is 10.8. The number of benzene rings is 2. The summed E-state index contributed by atoms with van der Waals surface area (Å²) in [7, 11) is 3.33. The van der Waals surface area contributed by atoms with Crippen LogP contribution >= 0.6 is 0 Å². The normalized spacial score (nSPS) is 10.8. The molecule has 2 aromatic heterocycles. The number of nitrogens with zero attached hydrogens (tertiary/aromatic N) is 4. The maximum Gasteiger partial charge on any atom is 0.182 e. The van der Waals surface area contributed by atoms with Gasteiger partial charge in [0.1, 0.15) is 22.8 Å². The van der Waals surface area contributed by atoms with Crippen LogP contribution < -0.4 is 10.1 Å². The highest BCUT2D eigenvalue weighted by Crippen LogP contribution is 2.32. The molecule has 4 aromatic rings. The van der Waals surface area contributed by atoms with Gasteiger partial charge in [-0.2, -0.15) is 0 Å². The Morgan fingerprint density at radius 2 is 1.81 bits per heavy atom. The highest BCUT2D eigenvalue weighted by atomic mass is 19.1. The third-order valence-electron chi connectivity index (χ3n) is 4.24. The van der Waals surface area contributed by atoms with Gasteiger partial charge in [0.25, 0.3) is 0 Å². The molecule has 7 heteroatoms. The maximum atomic E-state index is 15.4. The molecule has 2 aromatic carbocycles. The van der Waals surface area contributed by atoms with E-state index in [0.29, 0.717) is 34.0 Å². The Kier molecular flexibility index (Phi) is 4.33. The lowest BCUT2D eigenvalue weighted by Crippen LogP contribution is -2.02. The van der Waals surface area contributed by atoms with Gasteiger partial charge in [0.15, 0.2) is 11.6 Å². The molecule has 0 unspecified atom stereocenters. The van der Waals surface area contributed by atoms with Crippen LogP contribution in [0.2, 0.25) is 0 Å². The van der Waals surface area contributed by atoms with Crippen molar-refractivity contribution in [3.05, 3.63) is 60.8 Å². The molecule has 0 bridgehead atoms. The molecule has 0 spiro atoms. The van der Waals surface area contributed by atoms with Gasteiger partial charge < -0.3 is 10.1 Å². The molecule has 0 atom stereocenters. The van der Waals surface area contributed by atoms with Crippen LogP contribution in [-0.2, 0) is 0 Å². The number of aromatic nitrogens is 4. The zero-order valence-electron chi connectivity index (χ0n) is 14.8. The average molecular weight is 361 g/mol. The number of methoxy groups -OCH3 is 1. The monoisotopic (exact) mass is 361 g/mol. The summed E-state index contributed by atoms with van der Waals surface area (Å²) < 4.78 is 20.5. The molecule has 134 valence electrons. The van der Waals surface area contributed by atoms with Crippen molar-refractivity contribution in [3.8, 4) is 28.4 Å². The van der Waals surface area contributed by atoms with Gasteiger partial charge >= 0.3 is 0 Å². The molecule has 2 heterocycles. The molecular weight excluding hydrogens is 345 g/mol. The van der Waals surface area contributed by atoms with Crippen molar-refractivity contribution < 1.29 is 9.13 Å². The minimum absolute atomic E-state index is 0.225. The molecule has 0 aliphatic heterocycles. The summed E-state index contributed by atoms with van der Waals surface area (Å²) in [6.45, 7) is 0. The number of rotatable bonds is 4. The molecule has 27 heavy (non-hydrogen) atoms. The van der Waals surface area contributed by atoms with Crippen molar-refractivity contribution in [1.29, 1.82) is 0 Å². The van der Waals surface area contributed by atoms with E-state index in [-0.39, 0.29) is 5.52 Å². The van der Waals surface area contributed by atoms with Crippen LogP contribution in [-0.4, -0.2) is 34.1 Å². The van der Waals surface area contributed by atoms with Crippen molar-refractivity contribution in [2.75, 3.05) is 19.5 Å². The number of anilines is 1. The second-order valence-electron chi connectivity index (χ2n) is 5.79. The van der Waals surface area contributed by atoms with E-state index in [4.69, 9.17) is 4.74 Å². The van der Waals surface area contributed by atoms with Gasteiger partial charge in [0, 0.05) is 30.4 Å². The predicted octanol–water partition coefficient (Wildman–Crippen LogP) is 3.94.